The van der Waals surface area contributed by atoms with Gasteiger partial charge in [0, 0.05) is 11.3 Å². The van der Waals surface area contributed by atoms with Crippen molar-refractivity contribution in [1.82, 2.24) is 10.2 Å². The van der Waals surface area contributed by atoms with Crippen LogP contribution in [0.4, 0.5) is 5.69 Å². The number of benzene rings is 2. The van der Waals surface area contributed by atoms with Gasteiger partial charge in [-0.25, -0.2) is 0 Å². The van der Waals surface area contributed by atoms with Crippen LogP contribution >= 0.6 is 11.8 Å². The maximum Gasteiger partial charge on any atom is 0.326 e. The van der Waals surface area contributed by atoms with E-state index in [1.807, 2.05) is 54.6 Å². The molecule has 0 aliphatic carbocycles. The van der Waals surface area contributed by atoms with Gasteiger partial charge in [-0.3, -0.25) is 14.5 Å². The normalized spacial score (nSPS) is 16.1. The molecule has 1 aliphatic rings. The molecule has 3 aromatic rings. The highest BCUT2D eigenvalue weighted by atomic mass is 32.2. The van der Waals surface area contributed by atoms with Gasteiger partial charge >= 0.3 is 5.97 Å². The number of nitrogens with zero attached hydrogens (tertiary/aromatic N) is 3. The number of amides is 1. The highest BCUT2D eigenvalue weighted by Crippen LogP contribution is 2.35. The van der Waals surface area contributed by atoms with Gasteiger partial charge in [-0.15, -0.1) is 10.2 Å². The van der Waals surface area contributed by atoms with Gasteiger partial charge in [0.1, 0.15) is 6.54 Å². The number of para-hydroxylation sites is 1. The molecule has 7 nitrogen and oxygen atoms in total. The molecule has 0 spiro atoms. The lowest BCUT2D eigenvalue weighted by Gasteiger charge is -2.24. The van der Waals surface area contributed by atoms with Crippen molar-refractivity contribution >= 4 is 29.3 Å². The standard InChI is InChI=1S/C22H21N3O4S/c1-2-28-19(26)14-25-17-11-7-6-8-15(17)12-13-18(21(25)27)30-22-24-23-20(29-22)16-9-4-3-5-10-16/h3-11,18H,2,12-14H2,1H3/t18-/m0/s1. The molecule has 8 heteroatoms. The van der Waals surface area contributed by atoms with Crippen LogP contribution in [-0.2, 0) is 20.7 Å². The molecule has 2 heterocycles. The number of esters is 1. The Labute approximate surface area is 178 Å². The van der Waals surface area contributed by atoms with Crippen molar-refractivity contribution in [2.24, 2.45) is 0 Å². The lowest BCUT2D eigenvalue weighted by molar-refractivity contribution is -0.142. The molecule has 0 radical (unpaired) electrons. The van der Waals surface area contributed by atoms with E-state index >= 15 is 0 Å². The summed E-state index contributed by atoms with van der Waals surface area (Å²) in [5.41, 5.74) is 2.59. The molecule has 154 valence electrons. The Kier molecular flexibility index (Phi) is 6.13. The SMILES string of the molecule is CCOC(=O)CN1C(=O)[C@@H](Sc2nnc(-c3ccccc3)o2)CCc2ccccc21. The van der Waals surface area contributed by atoms with E-state index < -0.39 is 11.2 Å². The molecule has 0 N–H and O–H groups in total. The Balaban J connectivity index is 1.56. The number of carbonyl (C=O) groups excluding carboxylic acids is 2. The van der Waals surface area contributed by atoms with Crippen molar-refractivity contribution in [3.05, 3.63) is 60.2 Å². The van der Waals surface area contributed by atoms with E-state index in [4.69, 9.17) is 9.15 Å². The van der Waals surface area contributed by atoms with Crippen molar-refractivity contribution in [3.63, 3.8) is 0 Å². The molecule has 0 unspecified atom stereocenters. The van der Waals surface area contributed by atoms with Crippen LogP contribution in [0, 0.1) is 0 Å². The zero-order chi connectivity index (χ0) is 20.9. The number of rotatable bonds is 6. The largest absolute Gasteiger partial charge is 0.465 e. The Morgan fingerprint density at radius 2 is 1.93 bits per heavy atom. The summed E-state index contributed by atoms with van der Waals surface area (Å²) in [4.78, 5) is 27.0. The van der Waals surface area contributed by atoms with E-state index in [9.17, 15) is 9.59 Å². The van der Waals surface area contributed by atoms with Crippen molar-refractivity contribution in [2.45, 2.75) is 30.2 Å². The molecule has 1 amide bonds. The molecule has 30 heavy (non-hydrogen) atoms. The Hall–Kier alpha value is -3.13. The third-order valence-corrected chi connectivity index (χ3v) is 5.85. The first-order chi connectivity index (χ1) is 14.7. The van der Waals surface area contributed by atoms with Crippen LogP contribution in [0.5, 0.6) is 0 Å². The second kappa shape index (κ2) is 9.13. The zero-order valence-corrected chi connectivity index (χ0v) is 17.3. The van der Waals surface area contributed by atoms with Crippen LogP contribution in [0.2, 0.25) is 0 Å². The first kappa shape index (κ1) is 20.2. The van der Waals surface area contributed by atoms with Gasteiger partial charge in [0.25, 0.3) is 5.22 Å². The van der Waals surface area contributed by atoms with Crippen molar-refractivity contribution < 1.29 is 18.7 Å². The molecule has 4 rings (SSSR count). The summed E-state index contributed by atoms with van der Waals surface area (Å²) in [7, 11) is 0. The van der Waals surface area contributed by atoms with E-state index in [0.29, 0.717) is 24.0 Å². The molecule has 0 saturated carbocycles. The van der Waals surface area contributed by atoms with E-state index in [1.54, 1.807) is 6.92 Å². The first-order valence-electron chi connectivity index (χ1n) is 9.76. The highest BCUT2D eigenvalue weighted by Gasteiger charge is 2.33. The summed E-state index contributed by atoms with van der Waals surface area (Å²) in [5.74, 6) is -0.196. The van der Waals surface area contributed by atoms with Crippen LogP contribution < -0.4 is 4.90 Å². The average Bonchev–Trinajstić information content (AvgIpc) is 3.20. The van der Waals surface area contributed by atoms with Crippen LogP contribution in [0.1, 0.15) is 18.9 Å². The van der Waals surface area contributed by atoms with Gasteiger partial charge < -0.3 is 9.15 Å². The predicted molar refractivity (Wildman–Crippen MR) is 113 cm³/mol. The number of hydrogen-bond acceptors (Lipinski definition) is 7. The minimum atomic E-state index is -0.448. The maximum absolute atomic E-state index is 13.3. The van der Waals surface area contributed by atoms with E-state index in [0.717, 1.165) is 16.8 Å². The second-order valence-electron chi connectivity index (χ2n) is 6.74. The second-order valence-corrected chi connectivity index (χ2v) is 7.90. The van der Waals surface area contributed by atoms with E-state index in [2.05, 4.69) is 10.2 Å². The van der Waals surface area contributed by atoms with E-state index in [1.165, 1.54) is 16.7 Å². The minimum absolute atomic E-state index is 0.125. The first-order valence-corrected chi connectivity index (χ1v) is 10.6. The summed E-state index contributed by atoms with van der Waals surface area (Å²) in [5, 5.41) is 8.08. The van der Waals surface area contributed by atoms with Crippen molar-refractivity contribution in [3.8, 4) is 11.5 Å². The summed E-state index contributed by atoms with van der Waals surface area (Å²) in [6.45, 7) is 1.89. The Morgan fingerprint density at radius 3 is 2.73 bits per heavy atom. The molecule has 0 saturated heterocycles. The number of thioether (sulfide) groups is 1. The van der Waals surface area contributed by atoms with Gasteiger partial charge in [-0.1, -0.05) is 48.2 Å². The fraction of sp³-hybridized carbons (Fsp3) is 0.273. The van der Waals surface area contributed by atoms with Crippen LogP contribution in [0.25, 0.3) is 11.5 Å². The smallest absolute Gasteiger partial charge is 0.326 e. The third kappa shape index (κ3) is 4.38. The van der Waals surface area contributed by atoms with E-state index in [-0.39, 0.29) is 19.1 Å². The van der Waals surface area contributed by atoms with Crippen LogP contribution in [0.3, 0.4) is 0 Å². The van der Waals surface area contributed by atoms with Crippen molar-refractivity contribution in [1.29, 1.82) is 0 Å². The number of carbonyl (C=O) groups is 2. The topological polar surface area (TPSA) is 85.5 Å². The molecule has 0 bridgehead atoms. The summed E-state index contributed by atoms with van der Waals surface area (Å²) >= 11 is 1.23. The molecule has 0 fully saturated rings. The lowest BCUT2D eigenvalue weighted by atomic mass is 10.1. The summed E-state index contributed by atoms with van der Waals surface area (Å²) < 4.78 is 10.8. The molecular weight excluding hydrogens is 402 g/mol. The number of aromatic nitrogens is 2. The Morgan fingerprint density at radius 1 is 1.17 bits per heavy atom. The fourth-order valence-electron chi connectivity index (χ4n) is 3.37. The zero-order valence-electron chi connectivity index (χ0n) is 16.5. The predicted octanol–water partition coefficient (Wildman–Crippen LogP) is 3.74. The number of ether oxygens (including phenoxy) is 1. The van der Waals surface area contributed by atoms with Gasteiger partial charge in [0.05, 0.1) is 11.9 Å². The number of fused-ring (bicyclic) bond motifs is 1. The van der Waals surface area contributed by atoms with Gasteiger partial charge in [-0.05, 0) is 43.5 Å². The monoisotopic (exact) mass is 423 g/mol. The molecule has 1 aliphatic heterocycles. The average molecular weight is 423 g/mol. The third-order valence-electron chi connectivity index (χ3n) is 4.76. The lowest BCUT2D eigenvalue weighted by Crippen LogP contribution is -2.41. The molecule has 1 aromatic heterocycles. The molecule has 1 atom stereocenters. The van der Waals surface area contributed by atoms with Crippen LogP contribution in [-0.4, -0.2) is 40.5 Å². The van der Waals surface area contributed by atoms with Gasteiger partial charge in [0.15, 0.2) is 0 Å². The summed E-state index contributed by atoms with van der Waals surface area (Å²) in [6, 6.07) is 17.1. The number of hydrogen-bond donors (Lipinski definition) is 0. The van der Waals surface area contributed by atoms with Crippen molar-refractivity contribution in [2.75, 3.05) is 18.1 Å². The number of aryl methyl sites for hydroxylation is 1. The molecular formula is C22H21N3O4S. The minimum Gasteiger partial charge on any atom is -0.465 e. The Bertz CT molecular complexity index is 1040. The highest BCUT2D eigenvalue weighted by molar-refractivity contribution is 8.00. The van der Waals surface area contributed by atoms with Gasteiger partial charge in [0.2, 0.25) is 11.8 Å². The summed E-state index contributed by atoms with van der Waals surface area (Å²) in [6.07, 6.45) is 1.31. The quantitative estimate of drug-likeness (QED) is 0.558. The number of anilines is 1. The molecule has 2 aromatic carbocycles. The maximum atomic E-state index is 13.3. The van der Waals surface area contributed by atoms with Crippen LogP contribution in [0.15, 0.2) is 64.2 Å². The van der Waals surface area contributed by atoms with Gasteiger partial charge in [-0.2, -0.15) is 0 Å². The fourth-order valence-corrected chi connectivity index (χ4v) is 4.29.